The van der Waals surface area contributed by atoms with Crippen LogP contribution in [0.3, 0.4) is 0 Å². The fourth-order valence-electron chi connectivity index (χ4n) is 2.39. The van der Waals surface area contributed by atoms with Crippen LogP contribution in [0, 0.1) is 12.7 Å². The maximum absolute atomic E-state index is 13.4. The largest absolute Gasteiger partial charge is 0.315 e. The van der Waals surface area contributed by atoms with Crippen LogP contribution < -0.4 is 4.90 Å². The second-order valence-electron chi connectivity index (χ2n) is 4.95. The van der Waals surface area contributed by atoms with Crippen molar-refractivity contribution in [2.24, 2.45) is 7.05 Å². The molecule has 0 fully saturated rings. The van der Waals surface area contributed by atoms with Gasteiger partial charge < -0.3 is 9.47 Å². The van der Waals surface area contributed by atoms with Gasteiger partial charge in [0.25, 0.3) is 0 Å². The highest BCUT2D eigenvalue weighted by molar-refractivity contribution is 5.79. The third kappa shape index (κ3) is 1.93. The third-order valence-electron chi connectivity index (χ3n) is 3.59. The summed E-state index contributed by atoms with van der Waals surface area (Å²) in [5.41, 5.74) is 3.58. The summed E-state index contributed by atoms with van der Waals surface area (Å²) in [6.45, 7) is 1.77. The van der Waals surface area contributed by atoms with Gasteiger partial charge in [-0.3, -0.25) is 0 Å². The standard InChI is InChI=1S/C16H16FN3/c1-11-10-12(8-9-13(11)17)19(2)16-18-14-6-4-5-7-15(14)20(16)3/h4-10H,1-3H3. The summed E-state index contributed by atoms with van der Waals surface area (Å²) in [7, 11) is 3.92. The zero-order valence-corrected chi connectivity index (χ0v) is 11.8. The van der Waals surface area contributed by atoms with E-state index in [1.165, 1.54) is 6.07 Å². The second-order valence-corrected chi connectivity index (χ2v) is 4.95. The Labute approximate surface area is 117 Å². The monoisotopic (exact) mass is 269 g/mol. The van der Waals surface area contributed by atoms with E-state index in [-0.39, 0.29) is 5.82 Å². The molecule has 0 aliphatic rings. The summed E-state index contributed by atoms with van der Waals surface area (Å²) in [4.78, 5) is 6.60. The van der Waals surface area contributed by atoms with E-state index in [9.17, 15) is 4.39 Å². The summed E-state index contributed by atoms with van der Waals surface area (Å²) in [6, 6.07) is 13.1. The molecule has 4 heteroatoms. The number of rotatable bonds is 2. The average molecular weight is 269 g/mol. The molecule has 3 nitrogen and oxygen atoms in total. The van der Waals surface area contributed by atoms with Crippen molar-refractivity contribution in [3.05, 3.63) is 53.8 Å². The van der Waals surface area contributed by atoms with E-state index in [1.807, 2.05) is 53.9 Å². The number of halogens is 1. The maximum Gasteiger partial charge on any atom is 0.210 e. The zero-order valence-electron chi connectivity index (χ0n) is 11.8. The van der Waals surface area contributed by atoms with E-state index in [2.05, 4.69) is 4.98 Å². The molecule has 1 aromatic heterocycles. The van der Waals surface area contributed by atoms with Gasteiger partial charge in [0.15, 0.2) is 0 Å². The first-order chi connectivity index (χ1) is 9.58. The number of hydrogen-bond acceptors (Lipinski definition) is 2. The molecule has 0 spiro atoms. The van der Waals surface area contributed by atoms with Crippen molar-refractivity contribution < 1.29 is 4.39 Å². The first-order valence-corrected chi connectivity index (χ1v) is 6.49. The van der Waals surface area contributed by atoms with E-state index in [0.717, 1.165) is 22.7 Å². The summed E-state index contributed by atoms with van der Waals surface area (Å²) < 4.78 is 15.4. The van der Waals surface area contributed by atoms with Gasteiger partial charge in [0.05, 0.1) is 11.0 Å². The first-order valence-electron chi connectivity index (χ1n) is 6.49. The molecule has 0 saturated carbocycles. The molecule has 0 aliphatic carbocycles. The van der Waals surface area contributed by atoms with Crippen molar-refractivity contribution >= 4 is 22.7 Å². The Hall–Kier alpha value is -2.36. The van der Waals surface area contributed by atoms with E-state index in [0.29, 0.717) is 5.56 Å². The molecule has 20 heavy (non-hydrogen) atoms. The van der Waals surface area contributed by atoms with Crippen LogP contribution in [0.5, 0.6) is 0 Å². The minimum atomic E-state index is -0.188. The minimum absolute atomic E-state index is 0.188. The van der Waals surface area contributed by atoms with Crippen molar-refractivity contribution in [2.75, 3.05) is 11.9 Å². The minimum Gasteiger partial charge on any atom is -0.315 e. The number of imidazole rings is 1. The fourth-order valence-corrected chi connectivity index (χ4v) is 2.39. The molecule has 102 valence electrons. The summed E-state index contributed by atoms with van der Waals surface area (Å²) in [6.07, 6.45) is 0. The maximum atomic E-state index is 13.4. The molecular weight excluding hydrogens is 253 g/mol. The van der Waals surface area contributed by atoms with E-state index in [1.54, 1.807) is 13.0 Å². The van der Waals surface area contributed by atoms with Crippen LogP contribution in [-0.4, -0.2) is 16.6 Å². The molecule has 0 atom stereocenters. The Bertz CT molecular complexity index is 776. The molecule has 1 heterocycles. The number of aromatic nitrogens is 2. The molecule has 0 radical (unpaired) electrons. The predicted molar refractivity (Wildman–Crippen MR) is 79.9 cm³/mol. The van der Waals surface area contributed by atoms with Gasteiger partial charge in [0.1, 0.15) is 5.82 Å². The van der Waals surface area contributed by atoms with Gasteiger partial charge in [-0.1, -0.05) is 12.1 Å². The fraction of sp³-hybridized carbons (Fsp3) is 0.188. The highest BCUT2D eigenvalue weighted by Crippen LogP contribution is 2.27. The first kappa shape index (κ1) is 12.7. The normalized spacial score (nSPS) is 11.0. The Morgan fingerprint density at radius 1 is 1.15 bits per heavy atom. The lowest BCUT2D eigenvalue weighted by Crippen LogP contribution is -2.14. The molecule has 0 bridgehead atoms. The van der Waals surface area contributed by atoms with E-state index >= 15 is 0 Å². The number of aryl methyl sites for hydroxylation is 2. The number of para-hydroxylation sites is 2. The van der Waals surface area contributed by atoms with Gasteiger partial charge in [-0.05, 0) is 42.8 Å². The number of hydrogen-bond donors (Lipinski definition) is 0. The zero-order chi connectivity index (χ0) is 14.3. The molecule has 0 N–H and O–H groups in total. The summed E-state index contributed by atoms with van der Waals surface area (Å²) in [5, 5.41) is 0. The molecule has 2 aromatic carbocycles. The summed E-state index contributed by atoms with van der Waals surface area (Å²) >= 11 is 0. The Morgan fingerprint density at radius 3 is 2.60 bits per heavy atom. The van der Waals surface area contributed by atoms with Crippen LogP contribution in [0.25, 0.3) is 11.0 Å². The SMILES string of the molecule is Cc1cc(N(C)c2nc3ccccc3n2C)ccc1F. The van der Waals surface area contributed by atoms with Crippen molar-refractivity contribution in [1.29, 1.82) is 0 Å². The second kappa shape index (κ2) is 4.63. The van der Waals surface area contributed by atoms with Crippen LogP contribution in [0.4, 0.5) is 16.0 Å². The lowest BCUT2D eigenvalue weighted by Gasteiger charge is -2.19. The van der Waals surface area contributed by atoms with E-state index in [4.69, 9.17) is 0 Å². The highest BCUT2D eigenvalue weighted by Gasteiger charge is 2.13. The van der Waals surface area contributed by atoms with Crippen LogP contribution in [0.2, 0.25) is 0 Å². The Kier molecular flexibility index (Phi) is 2.93. The lowest BCUT2D eigenvalue weighted by molar-refractivity contribution is 0.618. The lowest BCUT2D eigenvalue weighted by atomic mass is 10.2. The van der Waals surface area contributed by atoms with Gasteiger partial charge in [-0.25, -0.2) is 9.37 Å². The highest BCUT2D eigenvalue weighted by atomic mass is 19.1. The molecule has 0 saturated heterocycles. The van der Waals surface area contributed by atoms with Gasteiger partial charge in [-0.2, -0.15) is 0 Å². The average Bonchev–Trinajstić information content (AvgIpc) is 2.79. The van der Waals surface area contributed by atoms with Crippen molar-refractivity contribution in [3.8, 4) is 0 Å². The Morgan fingerprint density at radius 2 is 1.90 bits per heavy atom. The van der Waals surface area contributed by atoms with Crippen molar-refractivity contribution in [1.82, 2.24) is 9.55 Å². The smallest absolute Gasteiger partial charge is 0.210 e. The van der Waals surface area contributed by atoms with Crippen LogP contribution >= 0.6 is 0 Å². The number of nitrogens with zero attached hydrogens (tertiary/aromatic N) is 3. The molecule has 0 unspecified atom stereocenters. The number of fused-ring (bicyclic) bond motifs is 1. The van der Waals surface area contributed by atoms with Gasteiger partial charge in [0, 0.05) is 19.8 Å². The molecule has 3 aromatic rings. The third-order valence-corrected chi connectivity index (χ3v) is 3.59. The molecule has 3 rings (SSSR count). The predicted octanol–water partition coefficient (Wildman–Crippen LogP) is 3.79. The number of anilines is 2. The quantitative estimate of drug-likeness (QED) is 0.705. The summed E-state index contributed by atoms with van der Waals surface area (Å²) in [5.74, 6) is 0.643. The van der Waals surface area contributed by atoms with Gasteiger partial charge >= 0.3 is 0 Å². The van der Waals surface area contributed by atoms with Crippen LogP contribution in [0.1, 0.15) is 5.56 Å². The topological polar surface area (TPSA) is 21.1 Å². The molecular formula is C16H16FN3. The van der Waals surface area contributed by atoms with Gasteiger partial charge in [0.2, 0.25) is 5.95 Å². The van der Waals surface area contributed by atoms with Crippen LogP contribution in [0.15, 0.2) is 42.5 Å². The number of benzene rings is 2. The molecule has 0 amide bonds. The Balaban J connectivity index is 2.09. The van der Waals surface area contributed by atoms with Gasteiger partial charge in [-0.15, -0.1) is 0 Å². The molecule has 0 aliphatic heterocycles. The van der Waals surface area contributed by atoms with Crippen LogP contribution in [-0.2, 0) is 7.05 Å². The van der Waals surface area contributed by atoms with Crippen molar-refractivity contribution in [3.63, 3.8) is 0 Å². The van der Waals surface area contributed by atoms with E-state index < -0.39 is 0 Å². The van der Waals surface area contributed by atoms with Crippen molar-refractivity contribution in [2.45, 2.75) is 6.92 Å².